The van der Waals surface area contributed by atoms with E-state index in [1.165, 1.54) is 28.9 Å². The number of amides is 3. The predicted octanol–water partition coefficient (Wildman–Crippen LogP) is 3.51. The van der Waals surface area contributed by atoms with E-state index < -0.39 is 12.2 Å². The molecular formula is C29H37N5O2. The van der Waals surface area contributed by atoms with Gasteiger partial charge in [-0.1, -0.05) is 60.7 Å². The highest BCUT2D eigenvalue weighted by Gasteiger charge is 2.50. The Labute approximate surface area is 214 Å². The second kappa shape index (κ2) is 10.8. The number of carbonyl (C=O) groups is 2. The van der Waals surface area contributed by atoms with E-state index in [0.29, 0.717) is 5.92 Å². The summed E-state index contributed by atoms with van der Waals surface area (Å²) in [5, 5.41) is 0. The highest BCUT2D eigenvalue weighted by molar-refractivity contribution is 6.04. The van der Waals surface area contributed by atoms with Gasteiger partial charge >= 0.3 is 6.03 Å². The topological polar surface area (TPSA) is 59.5 Å². The van der Waals surface area contributed by atoms with Crippen LogP contribution in [0.25, 0.3) is 0 Å². The lowest BCUT2D eigenvalue weighted by atomic mass is 9.90. The Hall–Kier alpha value is -3.19. The van der Waals surface area contributed by atoms with Gasteiger partial charge in [0.25, 0.3) is 5.91 Å². The molecule has 0 aliphatic carbocycles. The molecule has 0 N–H and O–H groups in total. The number of hydrogen-bond acceptors (Lipinski definition) is 5. The first-order valence-electron chi connectivity index (χ1n) is 13.2. The molecule has 3 aliphatic heterocycles. The summed E-state index contributed by atoms with van der Waals surface area (Å²) in [4.78, 5) is 38.3. The highest BCUT2D eigenvalue weighted by Crippen LogP contribution is 2.29. The van der Waals surface area contributed by atoms with Crippen LogP contribution in [0.2, 0.25) is 0 Å². The fourth-order valence-corrected chi connectivity index (χ4v) is 5.81. The van der Waals surface area contributed by atoms with E-state index >= 15 is 0 Å². The molecule has 2 atom stereocenters. The number of aryl methyl sites for hydroxylation is 1. The lowest BCUT2D eigenvalue weighted by Gasteiger charge is -2.40. The molecule has 2 saturated heterocycles. The summed E-state index contributed by atoms with van der Waals surface area (Å²) < 4.78 is 0. The van der Waals surface area contributed by atoms with Crippen molar-refractivity contribution in [1.82, 2.24) is 19.6 Å². The van der Waals surface area contributed by atoms with E-state index in [1.807, 2.05) is 6.07 Å². The first-order chi connectivity index (χ1) is 17.5. The van der Waals surface area contributed by atoms with Crippen LogP contribution >= 0.6 is 0 Å². The van der Waals surface area contributed by atoms with E-state index in [1.54, 1.807) is 19.0 Å². The van der Waals surface area contributed by atoms with Crippen molar-refractivity contribution in [1.29, 1.82) is 0 Å². The maximum absolute atomic E-state index is 13.2. The molecular weight excluding hydrogens is 450 g/mol. The number of urea groups is 1. The van der Waals surface area contributed by atoms with Gasteiger partial charge in [0.05, 0.1) is 6.54 Å². The van der Waals surface area contributed by atoms with Crippen molar-refractivity contribution in [3.8, 4) is 0 Å². The van der Waals surface area contributed by atoms with E-state index in [4.69, 9.17) is 4.99 Å². The number of likely N-dealkylation sites (tertiary alicyclic amines) is 1. The standard InChI is InChI=1S/C29H37N5O2/c1-31-27-26(28(35)32(2)29(31)36)34(17-9-14-22-10-5-3-6-11-22)25(30-27)21-33-18-15-24(16-19-33)20-23-12-7-4-8-13-23/h3-8,10-13,24,26-27H,9,14-21H2,1-2H3. The monoisotopic (exact) mass is 487 g/mol. The van der Waals surface area contributed by atoms with Gasteiger partial charge in [0, 0.05) is 20.6 Å². The Balaban J connectivity index is 1.25. The number of amidine groups is 1. The Morgan fingerprint density at radius 3 is 2.19 bits per heavy atom. The number of carbonyl (C=O) groups excluding carboxylic acids is 2. The van der Waals surface area contributed by atoms with Crippen LogP contribution in [0.1, 0.15) is 30.4 Å². The Bertz CT molecular complexity index is 1080. The molecule has 5 rings (SSSR count). The maximum Gasteiger partial charge on any atom is 0.328 e. The quantitative estimate of drug-likeness (QED) is 0.572. The van der Waals surface area contributed by atoms with E-state index in [0.717, 1.165) is 51.3 Å². The molecule has 2 aromatic carbocycles. The van der Waals surface area contributed by atoms with Crippen LogP contribution in [0.4, 0.5) is 4.79 Å². The minimum atomic E-state index is -0.441. The fraction of sp³-hybridized carbons (Fsp3) is 0.483. The number of rotatable bonds is 8. The summed E-state index contributed by atoms with van der Waals surface area (Å²) in [6.07, 6.45) is 4.92. The minimum Gasteiger partial charge on any atom is -0.344 e. The Kier molecular flexibility index (Phi) is 7.37. The zero-order valence-corrected chi connectivity index (χ0v) is 21.4. The zero-order chi connectivity index (χ0) is 25.1. The summed E-state index contributed by atoms with van der Waals surface area (Å²) in [6, 6.07) is 20.5. The second-order valence-corrected chi connectivity index (χ2v) is 10.4. The zero-order valence-electron chi connectivity index (χ0n) is 21.4. The summed E-state index contributed by atoms with van der Waals surface area (Å²) in [6.45, 7) is 3.55. The third-order valence-electron chi connectivity index (χ3n) is 7.95. The normalized spacial score (nSPS) is 23.3. The van der Waals surface area contributed by atoms with Crippen molar-refractivity contribution in [2.24, 2.45) is 10.9 Å². The third-order valence-corrected chi connectivity index (χ3v) is 7.95. The molecule has 0 bridgehead atoms. The lowest BCUT2D eigenvalue weighted by molar-refractivity contribution is -0.136. The smallest absolute Gasteiger partial charge is 0.328 e. The van der Waals surface area contributed by atoms with Crippen LogP contribution in [0.5, 0.6) is 0 Å². The van der Waals surface area contributed by atoms with Gasteiger partial charge in [-0.25, -0.2) is 9.79 Å². The molecule has 7 heteroatoms. The van der Waals surface area contributed by atoms with E-state index in [9.17, 15) is 9.59 Å². The van der Waals surface area contributed by atoms with E-state index in [2.05, 4.69) is 64.4 Å². The van der Waals surface area contributed by atoms with Crippen LogP contribution in [0.15, 0.2) is 65.7 Å². The molecule has 0 aromatic heterocycles. The maximum atomic E-state index is 13.2. The van der Waals surface area contributed by atoms with E-state index in [-0.39, 0.29) is 11.9 Å². The summed E-state index contributed by atoms with van der Waals surface area (Å²) in [5.41, 5.74) is 2.71. The van der Waals surface area contributed by atoms with Crippen molar-refractivity contribution in [2.75, 3.05) is 40.3 Å². The number of fused-ring (bicyclic) bond motifs is 1. The molecule has 3 amide bonds. The van der Waals surface area contributed by atoms with Gasteiger partial charge < -0.3 is 9.80 Å². The fourth-order valence-electron chi connectivity index (χ4n) is 5.81. The molecule has 0 saturated carbocycles. The van der Waals surface area contributed by atoms with Crippen LogP contribution in [0, 0.1) is 5.92 Å². The van der Waals surface area contributed by atoms with Gasteiger partial charge in [-0.2, -0.15) is 0 Å². The summed E-state index contributed by atoms with van der Waals surface area (Å²) in [7, 11) is 3.33. The Morgan fingerprint density at radius 2 is 1.53 bits per heavy atom. The van der Waals surface area contributed by atoms with Gasteiger partial charge in [0.1, 0.15) is 5.84 Å². The third kappa shape index (κ3) is 5.16. The number of hydrogen-bond donors (Lipinski definition) is 0. The number of benzene rings is 2. The first kappa shape index (κ1) is 24.5. The van der Waals surface area contributed by atoms with Crippen LogP contribution in [-0.2, 0) is 17.6 Å². The number of likely N-dealkylation sites (N-methyl/N-ethyl adjacent to an activating group) is 2. The molecule has 7 nitrogen and oxygen atoms in total. The molecule has 36 heavy (non-hydrogen) atoms. The van der Waals surface area contributed by atoms with Crippen molar-refractivity contribution in [3.63, 3.8) is 0 Å². The molecule has 2 aromatic rings. The average molecular weight is 488 g/mol. The van der Waals surface area contributed by atoms with Crippen molar-refractivity contribution in [3.05, 3.63) is 71.8 Å². The van der Waals surface area contributed by atoms with Gasteiger partial charge in [-0.3, -0.25) is 14.6 Å². The highest BCUT2D eigenvalue weighted by atomic mass is 16.2. The molecule has 2 fully saturated rings. The average Bonchev–Trinajstić information content (AvgIpc) is 3.26. The van der Waals surface area contributed by atoms with Crippen molar-refractivity contribution >= 4 is 17.8 Å². The lowest BCUT2D eigenvalue weighted by Crippen LogP contribution is -2.64. The van der Waals surface area contributed by atoms with Gasteiger partial charge in [0.15, 0.2) is 12.2 Å². The van der Waals surface area contributed by atoms with Crippen molar-refractivity contribution in [2.45, 2.75) is 44.3 Å². The number of aliphatic imine (C=N–C) groups is 1. The first-order valence-corrected chi connectivity index (χ1v) is 13.2. The molecule has 0 radical (unpaired) electrons. The number of imide groups is 1. The SMILES string of the molecule is CN1C(=O)C2C(N=C(CN3CCC(Cc4ccccc4)CC3)N2CCCc2ccccc2)N(C)C1=O. The number of piperidine rings is 1. The summed E-state index contributed by atoms with van der Waals surface area (Å²) in [5.74, 6) is 1.50. The predicted molar refractivity (Wildman–Crippen MR) is 142 cm³/mol. The van der Waals surface area contributed by atoms with Gasteiger partial charge in [-0.15, -0.1) is 0 Å². The molecule has 190 valence electrons. The minimum absolute atomic E-state index is 0.150. The summed E-state index contributed by atoms with van der Waals surface area (Å²) >= 11 is 0. The second-order valence-electron chi connectivity index (χ2n) is 10.4. The van der Waals surface area contributed by atoms with Crippen LogP contribution in [-0.4, -0.2) is 89.9 Å². The van der Waals surface area contributed by atoms with Crippen molar-refractivity contribution < 1.29 is 9.59 Å². The van der Waals surface area contributed by atoms with Gasteiger partial charge in [-0.05, 0) is 62.2 Å². The molecule has 3 aliphatic rings. The Morgan fingerprint density at radius 1 is 0.889 bits per heavy atom. The largest absolute Gasteiger partial charge is 0.344 e. The molecule has 0 spiro atoms. The number of nitrogens with zero attached hydrogens (tertiary/aromatic N) is 5. The molecule has 3 heterocycles. The van der Waals surface area contributed by atoms with Gasteiger partial charge in [0.2, 0.25) is 0 Å². The molecule has 2 unspecified atom stereocenters. The van der Waals surface area contributed by atoms with Crippen LogP contribution in [0.3, 0.4) is 0 Å². The van der Waals surface area contributed by atoms with Crippen LogP contribution < -0.4 is 0 Å².